The Balaban J connectivity index is 5.22. The van der Waals surface area contributed by atoms with Crippen molar-refractivity contribution in [3.8, 4) is 0 Å². The summed E-state index contributed by atoms with van der Waals surface area (Å²) in [7, 11) is -9.90. The molecule has 516 valence electrons. The molecule has 0 aromatic carbocycles. The number of aliphatic hydroxyl groups excluding tert-OH is 1. The van der Waals surface area contributed by atoms with Gasteiger partial charge in [-0.3, -0.25) is 37.3 Å². The second-order valence-corrected chi connectivity index (χ2v) is 29.1. The molecule has 19 heteroatoms. The van der Waals surface area contributed by atoms with Gasteiger partial charge in [-0.2, -0.15) is 0 Å². The number of hydrogen-bond acceptors (Lipinski definition) is 15. The van der Waals surface area contributed by atoms with E-state index in [9.17, 15) is 43.2 Å². The average Bonchev–Trinajstić information content (AvgIpc) is 3.67. The fraction of sp³-hybridized carbons (Fsp3) is 0.941. The molecule has 87 heavy (non-hydrogen) atoms. The summed E-state index contributed by atoms with van der Waals surface area (Å²) in [5, 5.41) is 10.6. The van der Waals surface area contributed by atoms with E-state index in [1.807, 2.05) is 0 Å². The van der Waals surface area contributed by atoms with Crippen molar-refractivity contribution >= 4 is 39.5 Å². The highest BCUT2D eigenvalue weighted by Gasteiger charge is 2.30. The highest BCUT2D eigenvalue weighted by atomic mass is 31.2. The lowest BCUT2D eigenvalue weighted by Crippen LogP contribution is -2.30. The Kier molecular flexibility index (Phi) is 56.6. The van der Waals surface area contributed by atoms with Crippen molar-refractivity contribution in [1.29, 1.82) is 0 Å². The van der Waals surface area contributed by atoms with Crippen LogP contribution < -0.4 is 0 Å². The van der Waals surface area contributed by atoms with Gasteiger partial charge in [0.05, 0.1) is 26.4 Å². The van der Waals surface area contributed by atoms with Crippen molar-refractivity contribution in [2.24, 2.45) is 23.7 Å². The SMILES string of the molecule is CCC(C)CCCCCCCCC(=O)O[C@H](COC(=O)CCCCCCCCCC(C)C)COP(=O)(O)OCC(O)COP(=O)(O)OC[C@@H](COC(=O)CCCCCCCCCC(C)C)OC(=O)CCCCCCCCCCCCCCCCC(C)C. The minimum absolute atomic E-state index is 0.102. The number of phosphoric ester groups is 2. The van der Waals surface area contributed by atoms with E-state index < -0.39 is 97.5 Å². The van der Waals surface area contributed by atoms with Gasteiger partial charge in [-0.25, -0.2) is 9.13 Å². The van der Waals surface area contributed by atoms with Gasteiger partial charge in [0.1, 0.15) is 19.3 Å². The van der Waals surface area contributed by atoms with Gasteiger partial charge in [-0.15, -0.1) is 0 Å². The van der Waals surface area contributed by atoms with E-state index in [2.05, 4.69) is 55.4 Å². The second-order valence-electron chi connectivity index (χ2n) is 26.2. The Morgan fingerprint density at radius 2 is 0.552 bits per heavy atom. The largest absolute Gasteiger partial charge is 0.472 e. The monoisotopic (exact) mass is 1280 g/mol. The van der Waals surface area contributed by atoms with Gasteiger partial charge in [0.15, 0.2) is 12.2 Å². The van der Waals surface area contributed by atoms with Crippen LogP contribution in [0.4, 0.5) is 0 Å². The molecule has 0 aliphatic rings. The molecule has 0 aliphatic heterocycles. The lowest BCUT2D eigenvalue weighted by Gasteiger charge is -2.21. The lowest BCUT2D eigenvalue weighted by atomic mass is 10.00. The Bertz CT molecular complexity index is 1730. The van der Waals surface area contributed by atoms with Crippen molar-refractivity contribution in [3.63, 3.8) is 0 Å². The van der Waals surface area contributed by atoms with Crippen molar-refractivity contribution < 1.29 is 80.2 Å². The smallest absolute Gasteiger partial charge is 0.462 e. The summed E-state index contributed by atoms with van der Waals surface area (Å²) in [5.41, 5.74) is 0. The molecule has 0 aromatic heterocycles. The average molecular weight is 1280 g/mol. The molecule has 0 amide bonds. The molecule has 0 spiro atoms. The highest BCUT2D eigenvalue weighted by Crippen LogP contribution is 2.45. The maximum Gasteiger partial charge on any atom is 0.472 e. The van der Waals surface area contributed by atoms with Gasteiger partial charge in [0.25, 0.3) is 0 Å². The zero-order chi connectivity index (χ0) is 64.7. The molecule has 4 unspecified atom stereocenters. The standard InChI is InChI=1S/C68H132O17P2/c1-9-61(8)47-39-31-26-27-35-43-51-68(73)85-64(55-79-66(71)49-41-33-25-19-22-30-38-46-60(6)7)57-83-87(76,77)81-53-62(69)52-80-86(74,75)82-56-63(54-78-65(70)48-40-32-24-18-21-29-37-45-59(4)5)84-67(72)50-42-34-23-17-15-13-11-10-12-14-16-20-28-36-44-58(2)3/h58-64,69H,9-57H2,1-8H3,(H,74,75)(H,76,77)/t61?,62?,63-,64-/m1/s1. The second kappa shape index (κ2) is 57.9. The van der Waals surface area contributed by atoms with Crippen LogP contribution in [0.2, 0.25) is 0 Å². The van der Waals surface area contributed by atoms with E-state index in [0.717, 1.165) is 115 Å². The van der Waals surface area contributed by atoms with Crippen LogP contribution in [0.3, 0.4) is 0 Å². The number of ether oxygens (including phenoxy) is 4. The fourth-order valence-corrected chi connectivity index (χ4v) is 11.7. The lowest BCUT2D eigenvalue weighted by molar-refractivity contribution is -0.161. The molecule has 0 radical (unpaired) electrons. The van der Waals surface area contributed by atoms with E-state index >= 15 is 0 Å². The number of unbranched alkanes of at least 4 members (excludes halogenated alkanes) is 30. The third kappa shape index (κ3) is 61.3. The molecule has 17 nitrogen and oxygen atoms in total. The van der Waals surface area contributed by atoms with Crippen LogP contribution in [0.25, 0.3) is 0 Å². The number of aliphatic hydroxyl groups is 1. The first-order chi connectivity index (χ1) is 41.6. The molecule has 0 aromatic rings. The summed E-state index contributed by atoms with van der Waals surface area (Å²) in [6.45, 7) is 14.0. The van der Waals surface area contributed by atoms with Crippen molar-refractivity contribution in [2.75, 3.05) is 39.6 Å². The van der Waals surface area contributed by atoms with Gasteiger partial charge < -0.3 is 33.8 Å². The van der Waals surface area contributed by atoms with Crippen molar-refractivity contribution in [2.45, 2.75) is 350 Å². The minimum Gasteiger partial charge on any atom is -0.462 e. The van der Waals surface area contributed by atoms with E-state index in [0.29, 0.717) is 37.5 Å². The Labute approximate surface area is 530 Å². The Hall–Kier alpha value is -1.94. The maximum absolute atomic E-state index is 13.0. The molecule has 0 rings (SSSR count). The maximum atomic E-state index is 13.0. The zero-order valence-electron chi connectivity index (χ0n) is 56.6. The number of hydrogen-bond donors (Lipinski definition) is 3. The number of carbonyl (C=O) groups excluding carboxylic acids is 4. The predicted octanol–water partition coefficient (Wildman–Crippen LogP) is 18.9. The van der Waals surface area contributed by atoms with E-state index in [1.54, 1.807) is 0 Å². The van der Waals surface area contributed by atoms with Crippen LogP contribution in [-0.2, 0) is 65.4 Å². The Morgan fingerprint density at radius 3 is 0.816 bits per heavy atom. The van der Waals surface area contributed by atoms with Crippen molar-refractivity contribution in [3.05, 3.63) is 0 Å². The highest BCUT2D eigenvalue weighted by molar-refractivity contribution is 7.47. The third-order valence-electron chi connectivity index (χ3n) is 15.9. The summed E-state index contributed by atoms with van der Waals surface area (Å²) in [6, 6.07) is 0. The zero-order valence-corrected chi connectivity index (χ0v) is 58.4. The molecule has 6 atom stereocenters. The summed E-state index contributed by atoms with van der Waals surface area (Å²) >= 11 is 0. The summed E-state index contributed by atoms with van der Waals surface area (Å²) in [4.78, 5) is 72.4. The quantitative estimate of drug-likeness (QED) is 0.0222. The van der Waals surface area contributed by atoms with Gasteiger partial charge in [-0.1, -0.05) is 280 Å². The van der Waals surface area contributed by atoms with E-state index in [1.165, 1.54) is 122 Å². The van der Waals surface area contributed by atoms with Crippen LogP contribution in [-0.4, -0.2) is 96.7 Å². The minimum atomic E-state index is -4.95. The normalized spacial score (nSPS) is 14.6. The number of rotatable bonds is 65. The summed E-state index contributed by atoms with van der Waals surface area (Å²) < 4.78 is 68.1. The molecule has 3 N–H and O–H groups in total. The first kappa shape index (κ1) is 85.1. The first-order valence-electron chi connectivity index (χ1n) is 35.2. The van der Waals surface area contributed by atoms with Crippen LogP contribution in [0.5, 0.6) is 0 Å². The van der Waals surface area contributed by atoms with Crippen LogP contribution in [0, 0.1) is 23.7 Å². The summed E-state index contributed by atoms with van der Waals surface area (Å²) in [6.07, 6.45) is 39.2. The fourth-order valence-electron chi connectivity index (χ4n) is 10.1. The van der Waals surface area contributed by atoms with Crippen molar-refractivity contribution in [1.82, 2.24) is 0 Å². The number of esters is 4. The molecule has 0 saturated heterocycles. The number of phosphoric acid groups is 2. The van der Waals surface area contributed by atoms with Gasteiger partial charge >= 0.3 is 39.5 Å². The molecule has 0 aliphatic carbocycles. The van der Waals surface area contributed by atoms with Gasteiger partial charge in [0, 0.05) is 25.7 Å². The van der Waals surface area contributed by atoms with Crippen LogP contribution in [0.1, 0.15) is 331 Å². The van der Waals surface area contributed by atoms with Crippen LogP contribution >= 0.6 is 15.6 Å². The molecular formula is C68H132O17P2. The van der Waals surface area contributed by atoms with E-state index in [4.69, 9.17) is 37.0 Å². The molecule has 0 saturated carbocycles. The first-order valence-corrected chi connectivity index (χ1v) is 38.2. The summed E-state index contributed by atoms with van der Waals surface area (Å²) in [5.74, 6) is 0.789. The topological polar surface area (TPSA) is 237 Å². The molecule has 0 bridgehead atoms. The van der Waals surface area contributed by atoms with Gasteiger partial charge in [0.2, 0.25) is 0 Å². The predicted molar refractivity (Wildman–Crippen MR) is 349 cm³/mol. The van der Waals surface area contributed by atoms with Gasteiger partial charge in [-0.05, 0) is 49.4 Å². The van der Waals surface area contributed by atoms with Crippen LogP contribution in [0.15, 0.2) is 0 Å². The molecular weight excluding hydrogens is 1150 g/mol. The Morgan fingerprint density at radius 1 is 0.322 bits per heavy atom. The molecule has 0 fully saturated rings. The molecule has 0 heterocycles. The third-order valence-corrected chi connectivity index (χ3v) is 17.8. The van der Waals surface area contributed by atoms with E-state index in [-0.39, 0.29) is 25.7 Å². The number of carbonyl (C=O) groups is 4.